The average molecular weight is 228 g/mol. The number of hydrogen-bond donors (Lipinski definition) is 2. The van der Waals surface area contributed by atoms with Crippen LogP contribution >= 0.6 is 11.8 Å². The molecule has 1 aliphatic rings. The van der Waals surface area contributed by atoms with Crippen molar-refractivity contribution in [2.24, 2.45) is 5.84 Å². The normalized spacial score (nSPS) is 22.9. The summed E-state index contributed by atoms with van der Waals surface area (Å²) in [5, 5.41) is 0.759. The number of nitrogens with one attached hydrogen (secondary N) is 1. The molecule has 0 aromatic heterocycles. The fourth-order valence-corrected chi connectivity index (χ4v) is 3.54. The van der Waals surface area contributed by atoms with Crippen molar-refractivity contribution in [1.82, 2.24) is 5.43 Å². The molecule has 0 aromatic carbocycles. The number of rotatable bonds is 8. The summed E-state index contributed by atoms with van der Waals surface area (Å²) in [5.41, 5.74) is 2.99. The molecule has 3 heteroatoms. The number of hydrazine groups is 1. The molecule has 15 heavy (non-hydrogen) atoms. The third kappa shape index (κ3) is 5.05. The first-order valence-corrected chi connectivity index (χ1v) is 7.12. The van der Waals surface area contributed by atoms with Crippen molar-refractivity contribution in [2.45, 2.75) is 56.2 Å². The van der Waals surface area contributed by atoms with Crippen LogP contribution in [-0.2, 0) is 0 Å². The topological polar surface area (TPSA) is 38.0 Å². The third-order valence-corrected chi connectivity index (χ3v) is 4.57. The van der Waals surface area contributed by atoms with Crippen molar-refractivity contribution in [1.29, 1.82) is 0 Å². The first kappa shape index (κ1) is 13.1. The van der Waals surface area contributed by atoms with Gasteiger partial charge in [-0.3, -0.25) is 11.3 Å². The Morgan fingerprint density at radius 3 is 2.93 bits per heavy atom. The van der Waals surface area contributed by atoms with Gasteiger partial charge in [0.25, 0.3) is 0 Å². The third-order valence-electron chi connectivity index (χ3n) is 3.05. The SMILES string of the molecule is C=CCCCCCC(NN)C1CCCS1. The monoisotopic (exact) mass is 228 g/mol. The van der Waals surface area contributed by atoms with Crippen molar-refractivity contribution in [3.05, 3.63) is 12.7 Å². The van der Waals surface area contributed by atoms with Gasteiger partial charge in [0, 0.05) is 11.3 Å². The van der Waals surface area contributed by atoms with Crippen LogP contribution in [0.2, 0.25) is 0 Å². The summed E-state index contributed by atoms with van der Waals surface area (Å²) in [6.45, 7) is 3.74. The second-order valence-electron chi connectivity index (χ2n) is 4.25. The highest BCUT2D eigenvalue weighted by Crippen LogP contribution is 2.30. The zero-order chi connectivity index (χ0) is 10.9. The Morgan fingerprint density at radius 2 is 2.33 bits per heavy atom. The maximum Gasteiger partial charge on any atom is 0.0329 e. The van der Waals surface area contributed by atoms with E-state index in [4.69, 9.17) is 5.84 Å². The van der Waals surface area contributed by atoms with E-state index in [1.165, 1.54) is 44.3 Å². The molecule has 3 N–H and O–H groups in total. The van der Waals surface area contributed by atoms with Crippen LogP contribution in [0.5, 0.6) is 0 Å². The summed E-state index contributed by atoms with van der Waals surface area (Å²) in [6.07, 6.45) is 11.0. The predicted molar refractivity (Wildman–Crippen MR) is 69.9 cm³/mol. The van der Waals surface area contributed by atoms with Crippen molar-refractivity contribution in [3.63, 3.8) is 0 Å². The number of unbranched alkanes of at least 4 members (excludes halogenated alkanes) is 3. The van der Waals surface area contributed by atoms with Gasteiger partial charge < -0.3 is 0 Å². The van der Waals surface area contributed by atoms with Crippen LogP contribution in [0, 0.1) is 0 Å². The van der Waals surface area contributed by atoms with Crippen LogP contribution in [-0.4, -0.2) is 17.0 Å². The van der Waals surface area contributed by atoms with E-state index in [-0.39, 0.29) is 0 Å². The minimum Gasteiger partial charge on any atom is -0.271 e. The molecule has 1 rings (SSSR count). The van der Waals surface area contributed by atoms with Crippen LogP contribution < -0.4 is 11.3 Å². The van der Waals surface area contributed by atoms with E-state index in [1.807, 2.05) is 6.08 Å². The molecular formula is C12H24N2S. The summed E-state index contributed by atoms with van der Waals surface area (Å²) < 4.78 is 0. The van der Waals surface area contributed by atoms with Gasteiger partial charge in [0.05, 0.1) is 0 Å². The van der Waals surface area contributed by atoms with Gasteiger partial charge in [0.15, 0.2) is 0 Å². The summed E-state index contributed by atoms with van der Waals surface area (Å²) in [5.74, 6) is 6.93. The van der Waals surface area contributed by atoms with Crippen LogP contribution in [0.15, 0.2) is 12.7 Å². The van der Waals surface area contributed by atoms with Crippen molar-refractivity contribution in [2.75, 3.05) is 5.75 Å². The van der Waals surface area contributed by atoms with Gasteiger partial charge in [-0.05, 0) is 37.9 Å². The van der Waals surface area contributed by atoms with E-state index in [2.05, 4.69) is 23.8 Å². The van der Waals surface area contributed by atoms with E-state index >= 15 is 0 Å². The van der Waals surface area contributed by atoms with E-state index in [0.29, 0.717) is 6.04 Å². The van der Waals surface area contributed by atoms with Gasteiger partial charge in [-0.2, -0.15) is 11.8 Å². The number of allylic oxidation sites excluding steroid dienone is 1. The molecule has 1 saturated heterocycles. The second-order valence-corrected chi connectivity index (χ2v) is 5.60. The molecule has 1 fully saturated rings. The highest BCUT2D eigenvalue weighted by atomic mass is 32.2. The first-order chi connectivity index (χ1) is 7.38. The lowest BCUT2D eigenvalue weighted by Crippen LogP contribution is -2.41. The lowest BCUT2D eigenvalue weighted by Gasteiger charge is -2.21. The summed E-state index contributed by atoms with van der Waals surface area (Å²) in [6, 6.07) is 0.529. The maximum atomic E-state index is 5.61. The van der Waals surface area contributed by atoms with Crippen molar-refractivity contribution < 1.29 is 0 Å². The highest BCUT2D eigenvalue weighted by molar-refractivity contribution is 8.00. The zero-order valence-electron chi connectivity index (χ0n) is 9.58. The van der Waals surface area contributed by atoms with Crippen LogP contribution in [0.4, 0.5) is 0 Å². The molecule has 0 bridgehead atoms. The Morgan fingerprint density at radius 1 is 1.47 bits per heavy atom. The molecule has 2 atom stereocenters. The standard InChI is InChI=1S/C12H24N2S/c1-2-3-4-5-6-8-11(14-13)12-9-7-10-15-12/h2,11-12,14H,1,3-10,13H2. The number of thioether (sulfide) groups is 1. The van der Waals surface area contributed by atoms with Crippen molar-refractivity contribution in [3.8, 4) is 0 Å². The van der Waals surface area contributed by atoms with Gasteiger partial charge in [-0.15, -0.1) is 6.58 Å². The van der Waals surface area contributed by atoms with Gasteiger partial charge in [0.2, 0.25) is 0 Å². The molecule has 0 spiro atoms. The molecule has 1 aliphatic heterocycles. The Balaban J connectivity index is 2.07. The molecule has 1 heterocycles. The fraction of sp³-hybridized carbons (Fsp3) is 0.833. The molecule has 2 nitrogen and oxygen atoms in total. The van der Waals surface area contributed by atoms with Gasteiger partial charge in [-0.1, -0.05) is 18.9 Å². The van der Waals surface area contributed by atoms with E-state index in [9.17, 15) is 0 Å². The van der Waals surface area contributed by atoms with Gasteiger partial charge in [-0.25, -0.2) is 0 Å². The van der Waals surface area contributed by atoms with E-state index in [1.54, 1.807) is 0 Å². The number of hydrogen-bond acceptors (Lipinski definition) is 3. The van der Waals surface area contributed by atoms with Crippen LogP contribution in [0.3, 0.4) is 0 Å². The maximum absolute atomic E-state index is 5.61. The Labute approximate surface area is 98.0 Å². The predicted octanol–water partition coefficient (Wildman–Crippen LogP) is 2.85. The second kappa shape index (κ2) is 8.20. The molecule has 0 aliphatic carbocycles. The number of nitrogens with two attached hydrogens (primary N) is 1. The molecule has 0 radical (unpaired) electrons. The molecule has 0 saturated carbocycles. The largest absolute Gasteiger partial charge is 0.271 e. The summed E-state index contributed by atoms with van der Waals surface area (Å²) in [7, 11) is 0. The van der Waals surface area contributed by atoms with Crippen LogP contribution in [0.1, 0.15) is 44.9 Å². The minimum absolute atomic E-state index is 0.529. The molecular weight excluding hydrogens is 204 g/mol. The quantitative estimate of drug-likeness (QED) is 0.290. The molecule has 0 aromatic rings. The molecule has 2 unspecified atom stereocenters. The summed E-state index contributed by atoms with van der Waals surface area (Å²) in [4.78, 5) is 0. The lowest BCUT2D eigenvalue weighted by molar-refractivity contribution is 0.447. The lowest BCUT2D eigenvalue weighted by atomic mass is 10.0. The molecule has 0 amide bonds. The minimum atomic E-state index is 0.529. The van der Waals surface area contributed by atoms with Crippen molar-refractivity contribution >= 4 is 11.8 Å². The fourth-order valence-electron chi connectivity index (χ4n) is 2.13. The Bertz CT molecular complexity index is 167. The van der Waals surface area contributed by atoms with E-state index < -0.39 is 0 Å². The molecule has 88 valence electrons. The van der Waals surface area contributed by atoms with Gasteiger partial charge in [0.1, 0.15) is 0 Å². The first-order valence-electron chi connectivity index (χ1n) is 6.07. The van der Waals surface area contributed by atoms with E-state index in [0.717, 1.165) is 11.7 Å². The smallest absolute Gasteiger partial charge is 0.0329 e. The zero-order valence-corrected chi connectivity index (χ0v) is 10.4. The Hall–Kier alpha value is 0.0100. The van der Waals surface area contributed by atoms with Crippen LogP contribution in [0.25, 0.3) is 0 Å². The highest BCUT2D eigenvalue weighted by Gasteiger charge is 2.23. The van der Waals surface area contributed by atoms with Gasteiger partial charge >= 0.3 is 0 Å². The Kier molecular flexibility index (Phi) is 7.14. The summed E-state index contributed by atoms with van der Waals surface area (Å²) >= 11 is 2.08. The average Bonchev–Trinajstić information content (AvgIpc) is 2.77.